The van der Waals surface area contributed by atoms with Crippen molar-refractivity contribution in [2.75, 3.05) is 13.7 Å². The van der Waals surface area contributed by atoms with Gasteiger partial charge in [-0.05, 0) is 19.5 Å². The zero-order valence-electron chi connectivity index (χ0n) is 7.44. The summed E-state index contributed by atoms with van der Waals surface area (Å²) in [5.74, 6) is 0. The van der Waals surface area contributed by atoms with Gasteiger partial charge in [0.15, 0.2) is 0 Å². The Balaban J connectivity index is 3.69. The summed E-state index contributed by atoms with van der Waals surface area (Å²) in [6.07, 6.45) is 1.15. The standard InChI is InChI=1S/C7H18O2Si/c1-5-7-10(4,8-3)9-6-2/h5-7H2,1-4H3. The summed E-state index contributed by atoms with van der Waals surface area (Å²) in [6, 6.07) is 1.09. The first-order valence-corrected chi connectivity index (χ1v) is 6.40. The van der Waals surface area contributed by atoms with E-state index in [-0.39, 0.29) is 0 Å². The van der Waals surface area contributed by atoms with Gasteiger partial charge in [-0.3, -0.25) is 0 Å². The van der Waals surface area contributed by atoms with Crippen LogP contribution in [0.25, 0.3) is 0 Å². The van der Waals surface area contributed by atoms with Gasteiger partial charge in [-0.1, -0.05) is 13.3 Å². The Bertz CT molecular complexity index is 79.7. The molecule has 0 aromatic carbocycles. The average Bonchev–Trinajstić information content (AvgIpc) is 1.89. The van der Waals surface area contributed by atoms with Gasteiger partial charge < -0.3 is 8.85 Å². The molecule has 0 N–H and O–H groups in total. The van der Waals surface area contributed by atoms with E-state index < -0.39 is 8.56 Å². The third-order valence-electron chi connectivity index (χ3n) is 1.59. The number of hydrogen-bond acceptors (Lipinski definition) is 2. The Labute approximate surface area is 64.8 Å². The molecule has 0 aliphatic carbocycles. The van der Waals surface area contributed by atoms with Crippen LogP contribution in [-0.2, 0) is 8.85 Å². The lowest BCUT2D eigenvalue weighted by Crippen LogP contribution is -2.36. The van der Waals surface area contributed by atoms with Crippen LogP contribution in [-0.4, -0.2) is 22.3 Å². The molecule has 0 saturated carbocycles. The van der Waals surface area contributed by atoms with Crippen LogP contribution in [0.5, 0.6) is 0 Å². The fourth-order valence-corrected chi connectivity index (χ4v) is 2.98. The predicted octanol–water partition coefficient (Wildman–Crippen LogP) is 2.15. The highest BCUT2D eigenvalue weighted by atomic mass is 28.4. The Morgan fingerprint density at radius 3 is 2.20 bits per heavy atom. The SMILES string of the molecule is CCC[Si](C)(OC)OCC. The van der Waals surface area contributed by atoms with Crippen LogP contribution in [0.15, 0.2) is 0 Å². The fourth-order valence-electron chi connectivity index (χ4n) is 0.993. The minimum absolute atomic E-state index is 0.774. The van der Waals surface area contributed by atoms with Crippen molar-refractivity contribution in [3.8, 4) is 0 Å². The molecule has 1 unspecified atom stereocenters. The molecule has 0 rings (SSSR count). The molecule has 0 aliphatic rings. The molecule has 62 valence electrons. The molecule has 1 atom stereocenters. The van der Waals surface area contributed by atoms with E-state index in [1.165, 1.54) is 0 Å². The molecule has 0 amide bonds. The van der Waals surface area contributed by atoms with Gasteiger partial charge in [0.05, 0.1) is 0 Å². The molecule has 2 nitrogen and oxygen atoms in total. The summed E-state index contributed by atoms with van der Waals surface area (Å²) in [5.41, 5.74) is 0. The lowest BCUT2D eigenvalue weighted by Gasteiger charge is -2.23. The maximum absolute atomic E-state index is 5.54. The topological polar surface area (TPSA) is 18.5 Å². The quantitative estimate of drug-likeness (QED) is 0.577. The van der Waals surface area contributed by atoms with Crippen LogP contribution >= 0.6 is 0 Å². The van der Waals surface area contributed by atoms with Crippen molar-refractivity contribution in [2.45, 2.75) is 32.9 Å². The van der Waals surface area contributed by atoms with Crippen molar-refractivity contribution in [2.24, 2.45) is 0 Å². The molecule has 0 saturated heterocycles. The maximum Gasteiger partial charge on any atom is 0.334 e. The van der Waals surface area contributed by atoms with Crippen molar-refractivity contribution in [3.63, 3.8) is 0 Å². The van der Waals surface area contributed by atoms with Gasteiger partial charge in [0, 0.05) is 13.7 Å². The molecular formula is C7H18O2Si. The third-order valence-corrected chi connectivity index (χ3v) is 4.76. The molecule has 0 bridgehead atoms. The molecule has 0 radical (unpaired) electrons. The summed E-state index contributed by atoms with van der Waals surface area (Å²) < 4.78 is 10.9. The van der Waals surface area contributed by atoms with Crippen molar-refractivity contribution in [1.82, 2.24) is 0 Å². The lowest BCUT2D eigenvalue weighted by molar-refractivity contribution is 0.215. The first kappa shape index (κ1) is 10.1. The van der Waals surface area contributed by atoms with Crippen LogP contribution < -0.4 is 0 Å². The summed E-state index contributed by atoms with van der Waals surface area (Å²) in [4.78, 5) is 0. The average molecular weight is 162 g/mol. The zero-order chi connectivity index (χ0) is 8.04. The van der Waals surface area contributed by atoms with E-state index in [9.17, 15) is 0 Å². The van der Waals surface area contributed by atoms with Crippen molar-refractivity contribution in [3.05, 3.63) is 0 Å². The largest absolute Gasteiger partial charge is 0.398 e. The normalized spacial score (nSPS) is 16.8. The summed E-state index contributed by atoms with van der Waals surface area (Å²) in [6.45, 7) is 7.06. The van der Waals surface area contributed by atoms with E-state index in [1.54, 1.807) is 7.11 Å². The lowest BCUT2D eigenvalue weighted by atomic mass is 10.6. The Morgan fingerprint density at radius 2 is 1.90 bits per heavy atom. The number of rotatable bonds is 5. The van der Waals surface area contributed by atoms with Gasteiger partial charge >= 0.3 is 8.56 Å². The highest BCUT2D eigenvalue weighted by Crippen LogP contribution is 2.13. The second-order valence-corrected chi connectivity index (χ2v) is 5.99. The van der Waals surface area contributed by atoms with Crippen LogP contribution in [0.1, 0.15) is 20.3 Å². The molecule has 3 heteroatoms. The minimum Gasteiger partial charge on any atom is -0.398 e. The molecule has 0 aromatic rings. The van der Waals surface area contributed by atoms with Gasteiger partial charge in [0.2, 0.25) is 0 Å². The second-order valence-electron chi connectivity index (χ2n) is 2.52. The van der Waals surface area contributed by atoms with E-state index in [1.807, 2.05) is 6.92 Å². The first-order valence-electron chi connectivity index (χ1n) is 3.87. The molecule has 0 fully saturated rings. The van der Waals surface area contributed by atoms with Gasteiger partial charge in [0.25, 0.3) is 0 Å². The van der Waals surface area contributed by atoms with Crippen molar-refractivity contribution < 1.29 is 8.85 Å². The smallest absolute Gasteiger partial charge is 0.334 e. The molecule has 10 heavy (non-hydrogen) atoms. The van der Waals surface area contributed by atoms with E-state index in [0.717, 1.165) is 19.1 Å². The highest BCUT2D eigenvalue weighted by molar-refractivity contribution is 6.65. The zero-order valence-corrected chi connectivity index (χ0v) is 8.44. The first-order chi connectivity index (χ1) is 4.68. The molecular weight excluding hydrogens is 144 g/mol. The van der Waals surface area contributed by atoms with Gasteiger partial charge in [-0.25, -0.2) is 0 Å². The molecule has 0 heterocycles. The van der Waals surface area contributed by atoms with Crippen LogP contribution in [0, 0.1) is 0 Å². The maximum atomic E-state index is 5.54. The third kappa shape index (κ3) is 3.34. The number of hydrogen-bond donors (Lipinski definition) is 0. The van der Waals surface area contributed by atoms with Gasteiger partial charge in [-0.15, -0.1) is 0 Å². The van der Waals surface area contributed by atoms with Crippen LogP contribution in [0.2, 0.25) is 12.6 Å². The second kappa shape index (κ2) is 4.88. The van der Waals surface area contributed by atoms with E-state index in [0.29, 0.717) is 0 Å². The van der Waals surface area contributed by atoms with Gasteiger partial charge in [-0.2, -0.15) is 0 Å². The Morgan fingerprint density at radius 1 is 1.30 bits per heavy atom. The monoisotopic (exact) mass is 162 g/mol. The highest BCUT2D eigenvalue weighted by Gasteiger charge is 2.27. The summed E-state index contributed by atoms with van der Waals surface area (Å²) >= 11 is 0. The van der Waals surface area contributed by atoms with Crippen molar-refractivity contribution >= 4 is 8.56 Å². The van der Waals surface area contributed by atoms with Crippen LogP contribution in [0.3, 0.4) is 0 Å². The van der Waals surface area contributed by atoms with E-state index >= 15 is 0 Å². The van der Waals surface area contributed by atoms with E-state index in [4.69, 9.17) is 8.85 Å². The Hall–Kier alpha value is 0.137. The Kier molecular flexibility index (Phi) is 4.94. The van der Waals surface area contributed by atoms with Crippen molar-refractivity contribution in [1.29, 1.82) is 0 Å². The van der Waals surface area contributed by atoms with Gasteiger partial charge in [0.1, 0.15) is 0 Å². The fraction of sp³-hybridized carbons (Fsp3) is 1.00. The summed E-state index contributed by atoms with van der Waals surface area (Å²) in [5, 5.41) is 0. The predicted molar refractivity (Wildman–Crippen MR) is 45.4 cm³/mol. The van der Waals surface area contributed by atoms with Crippen LogP contribution in [0.4, 0.5) is 0 Å². The minimum atomic E-state index is -1.72. The molecule has 0 aromatic heterocycles. The summed E-state index contributed by atoms with van der Waals surface area (Å²) in [7, 11) is 0.0242. The molecule has 0 spiro atoms. The molecule has 0 aliphatic heterocycles. The van der Waals surface area contributed by atoms with E-state index in [2.05, 4.69) is 13.5 Å².